The molecule has 0 aliphatic rings. The lowest BCUT2D eigenvalue weighted by Crippen LogP contribution is -2.24. The third-order valence-corrected chi connectivity index (χ3v) is 9.70. The molecule has 6 N–H and O–H groups in total. The number of phenols is 5. The molecule has 0 amide bonds. The van der Waals surface area contributed by atoms with Gasteiger partial charge in [-0.15, -0.1) is 0 Å². The predicted octanol–water partition coefficient (Wildman–Crippen LogP) is 5.02. The summed E-state index contributed by atoms with van der Waals surface area (Å²) in [5.74, 6) is -4.40. The van der Waals surface area contributed by atoms with E-state index in [0.29, 0.717) is 0 Å². The lowest BCUT2D eigenvalue weighted by atomic mass is 10.1. The quantitative estimate of drug-likeness (QED) is 0.121. The van der Waals surface area contributed by atoms with Crippen LogP contribution in [0.25, 0.3) is 22.3 Å². The Hall–Kier alpha value is -5.66. The van der Waals surface area contributed by atoms with Gasteiger partial charge in [-0.05, 0) is 12.1 Å². The van der Waals surface area contributed by atoms with Gasteiger partial charge in [0.2, 0.25) is 11.2 Å². The molecule has 0 bridgehead atoms. The van der Waals surface area contributed by atoms with Crippen molar-refractivity contribution in [3.05, 3.63) is 125 Å². The fraction of sp³-hybridized carbons (Fsp3) is 0. The van der Waals surface area contributed by atoms with E-state index in [1.54, 1.807) is 0 Å². The first-order valence-electron chi connectivity index (χ1n) is 12.8. The van der Waals surface area contributed by atoms with E-state index >= 15 is 0 Å². The van der Waals surface area contributed by atoms with Crippen LogP contribution in [0.3, 0.4) is 0 Å². The molecular formula is C33H25O9P. The van der Waals surface area contributed by atoms with Gasteiger partial charge in [0, 0.05) is 33.6 Å². The smallest absolute Gasteiger partial charge is 0.238 e. The second-order valence-electron chi connectivity index (χ2n) is 9.43. The number of aromatic hydroxyl groups is 6. The van der Waals surface area contributed by atoms with Gasteiger partial charge in [0.05, 0.1) is 0 Å². The molecule has 0 unspecified atom stereocenters. The van der Waals surface area contributed by atoms with Gasteiger partial charge in [0.15, 0.2) is 30.2 Å². The fourth-order valence-electron chi connectivity index (χ4n) is 4.57. The number of benzene rings is 5. The first-order valence-corrected chi connectivity index (χ1v) is 14.6. The van der Waals surface area contributed by atoms with Crippen molar-refractivity contribution in [2.75, 3.05) is 0 Å². The molecule has 0 radical (unpaired) electrons. The molecular weight excluding hydrogens is 571 g/mol. The summed E-state index contributed by atoms with van der Waals surface area (Å²) in [6, 6.07) is 33.0. The number of phenolic OH excluding ortho intramolecular Hbond substituents is 5. The average Bonchev–Trinajstić information content (AvgIpc) is 3.02. The van der Waals surface area contributed by atoms with Crippen LogP contribution in [0.15, 0.2) is 124 Å². The van der Waals surface area contributed by atoms with E-state index in [0.717, 1.165) is 40.2 Å². The highest BCUT2D eigenvalue weighted by molar-refractivity contribution is 7.85. The first kappa shape index (κ1) is 28.9. The minimum atomic E-state index is -2.78. The van der Waals surface area contributed by atoms with Crippen molar-refractivity contribution in [1.29, 1.82) is 0 Å². The molecule has 0 spiro atoms. The highest BCUT2D eigenvalue weighted by Gasteiger charge is 2.29. The van der Waals surface area contributed by atoms with E-state index in [1.165, 1.54) is 0 Å². The fourth-order valence-corrected chi connectivity index (χ4v) is 7.24. The van der Waals surface area contributed by atoms with Gasteiger partial charge >= 0.3 is 0 Å². The average molecular weight is 597 g/mol. The molecule has 6 rings (SSSR count). The topological polar surface area (TPSA) is 169 Å². The van der Waals surface area contributed by atoms with Gasteiger partial charge in [-0.2, -0.15) is 0 Å². The Morgan fingerprint density at radius 2 is 0.977 bits per heavy atom. The summed E-state index contributed by atoms with van der Waals surface area (Å²) in [6.07, 6.45) is 0. The zero-order valence-electron chi connectivity index (χ0n) is 22.3. The summed E-state index contributed by atoms with van der Waals surface area (Å²) in [4.78, 5) is 12.2. The molecule has 5 aromatic carbocycles. The molecule has 10 heteroatoms. The molecule has 0 saturated carbocycles. The standard InChI is InChI=1S/C18H15OP.C15H10O8/c19-20(16-10-4-1-5-11-16,17-12-6-2-7-13-17)18-14-8-3-9-15-18;16-6-3-7(17)11-10(4-6)23-15(14(22)13(11)21)5-1-8(18)12(20)9(19)2-5/h1-15H;1-4,16-20,22H. The van der Waals surface area contributed by atoms with Gasteiger partial charge in [-0.3, -0.25) is 4.79 Å². The van der Waals surface area contributed by atoms with Crippen LogP contribution in [-0.2, 0) is 4.57 Å². The van der Waals surface area contributed by atoms with Crippen LogP contribution in [0.2, 0.25) is 0 Å². The predicted molar refractivity (Wildman–Crippen MR) is 164 cm³/mol. The summed E-state index contributed by atoms with van der Waals surface area (Å²) in [5, 5.41) is 59.8. The second kappa shape index (κ2) is 11.7. The SMILES string of the molecule is O=P(c1ccccc1)(c1ccccc1)c1ccccc1.O=c1c(O)c(-c2cc(O)c(O)c(O)c2)oc2cc(O)cc(O)c12. The van der Waals surface area contributed by atoms with Crippen LogP contribution in [-0.4, -0.2) is 30.6 Å². The molecule has 216 valence electrons. The van der Waals surface area contributed by atoms with Crippen LogP contribution in [0.1, 0.15) is 0 Å². The molecule has 0 saturated heterocycles. The third-order valence-electron chi connectivity index (χ3n) is 6.63. The van der Waals surface area contributed by atoms with Gasteiger partial charge in [0.25, 0.3) is 0 Å². The zero-order valence-corrected chi connectivity index (χ0v) is 23.2. The van der Waals surface area contributed by atoms with Crippen molar-refractivity contribution in [3.63, 3.8) is 0 Å². The Morgan fingerprint density at radius 3 is 1.42 bits per heavy atom. The Bertz CT molecular complexity index is 1900. The van der Waals surface area contributed by atoms with Crippen LogP contribution in [0, 0.1) is 0 Å². The highest BCUT2D eigenvalue weighted by atomic mass is 31.2. The van der Waals surface area contributed by atoms with Gasteiger partial charge in [-0.1, -0.05) is 91.0 Å². The van der Waals surface area contributed by atoms with Crippen molar-refractivity contribution in [2.24, 2.45) is 0 Å². The Labute approximate surface area is 244 Å². The summed E-state index contributed by atoms with van der Waals surface area (Å²) >= 11 is 0. The van der Waals surface area contributed by atoms with Crippen LogP contribution in [0.5, 0.6) is 34.5 Å². The molecule has 0 aliphatic carbocycles. The van der Waals surface area contributed by atoms with E-state index in [9.17, 15) is 40.0 Å². The molecule has 1 heterocycles. The molecule has 0 atom stereocenters. The van der Waals surface area contributed by atoms with Crippen LogP contribution < -0.4 is 21.3 Å². The van der Waals surface area contributed by atoms with Crippen LogP contribution >= 0.6 is 7.14 Å². The Kier molecular flexibility index (Phi) is 7.84. The van der Waals surface area contributed by atoms with E-state index < -0.39 is 47.1 Å². The zero-order chi connectivity index (χ0) is 30.7. The second-order valence-corrected chi connectivity index (χ2v) is 12.2. The van der Waals surface area contributed by atoms with Crippen molar-refractivity contribution < 1.29 is 39.6 Å². The van der Waals surface area contributed by atoms with Crippen LogP contribution in [0.4, 0.5) is 0 Å². The van der Waals surface area contributed by atoms with Gasteiger partial charge in [-0.25, -0.2) is 0 Å². The third kappa shape index (κ3) is 5.49. The van der Waals surface area contributed by atoms with E-state index in [1.807, 2.05) is 91.0 Å². The van der Waals surface area contributed by atoms with Crippen molar-refractivity contribution in [2.45, 2.75) is 0 Å². The number of rotatable bonds is 4. The van der Waals surface area contributed by atoms with Crippen molar-refractivity contribution >= 4 is 34.0 Å². The van der Waals surface area contributed by atoms with E-state index in [-0.39, 0.29) is 22.3 Å². The largest absolute Gasteiger partial charge is 0.508 e. The maximum absolute atomic E-state index is 13.8. The van der Waals surface area contributed by atoms with E-state index in [2.05, 4.69) is 0 Å². The molecule has 6 aromatic rings. The summed E-state index contributed by atoms with van der Waals surface area (Å²) in [5.41, 5.74) is -1.28. The lowest BCUT2D eigenvalue weighted by molar-refractivity contribution is 0.368. The minimum absolute atomic E-state index is 0.0999. The number of hydrogen-bond acceptors (Lipinski definition) is 9. The lowest BCUT2D eigenvalue weighted by Gasteiger charge is -2.19. The normalized spacial score (nSPS) is 11.1. The monoisotopic (exact) mass is 596 g/mol. The highest BCUT2D eigenvalue weighted by Crippen LogP contribution is 2.43. The van der Waals surface area contributed by atoms with Crippen molar-refractivity contribution in [1.82, 2.24) is 0 Å². The van der Waals surface area contributed by atoms with Crippen molar-refractivity contribution in [3.8, 4) is 45.8 Å². The van der Waals surface area contributed by atoms with Gasteiger partial charge < -0.3 is 39.6 Å². The Balaban J connectivity index is 0.000000173. The molecule has 1 aromatic heterocycles. The minimum Gasteiger partial charge on any atom is -0.508 e. The maximum Gasteiger partial charge on any atom is 0.238 e. The summed E-state index contributed by atoms with van der Waals surface area (Å²) < 4.78 is 19.1. The number of hydrogen-bond donors (Lipinski definition) is 6. The number of fused-ring (bicyclic) bond motifs is 1. The molecule has 0 fully saturated rings. The molecule has 0 aliphatic heterocycles. The molecule has 43 heavy (non-hydrogen) atoms. The first-order chi connectivity index (χ1) is 20.6. The summed E-state index contributed by atoms with van der Waals surface area (Å²) in [7, 11) is -2.78. The van der Waals surface area contributed by atoms with Gasteiger partial charge in [0.1, 0.15) is 22.5 Å². The Morgan fingerprint density at radius 1 is 0.535 bits per heavy atom. The van der Waals surface area contributed by atoms with E-state index in [4.69, 9.17) is 4.42 Å². The molecule has 9 nitrogen and oxygen atoms in total. The maximum atomic E-state index is 13.8. The summed E-state index contributed by atoms with van der Waals surface area (Å²) in [6.45, 7) is 0.